The molecule has 0 bridgehead atoms. The number of methoxy groups -OCH3 is 1. The topological polar surface area (TPSA) is 9.23 Å². The monoisotopic (exact) mass is 322 g/mol. The molecule has 0 aromatic heterocycles. The fourth-order valence-electron chi connectivity index (χ4n) is 2.49. The van der Waals surface area contributed by atoms with E-state index in [0.29, 0.717) is 0 Å². The van der Waals surface area contributed by atoms with Gasteiger partial charge >= 0.3 is 0 Å². The van der Waals surface area contributed by atoms with E-state index in [4.69, 9.17) is 4.74 Å². The van der Waals surface area contributed by atoms with E-state index in [1.165, 1.54) is 21.9 Å². The lowest BCUT2D eigenvalue weighted by Crippen LogP contribution is -2.22. The molecule has 2 rings (SSSR count). The fourth-order valence-corrected chi connectivity index (χ4v) is 4.05. The molecule has 0 aliphatic carbocycles. The summed E-state index contributed by atoms with van der Waals surface area (Å²) in [5, 5.41) is 1.35. The first-order chi connectivity index (χ1) is 10.9. The lowest BCUT2D eigenvalue weighted by atomic mass is 10.1. The van der Waals surface area contributed by atoms with Gasteiger partial charge in [-0.15, -0.1) is 5.73 Å². The predicted molar refractivity (Wildman–Crippen MR) is 103 cm³/mol. The van der Waals surface area contributed by atoms with E-state index in [2.05, 4.69) is 74.8 Å². The second-order valence-corrected chi connectivity index (χ2v) is 11.9. The van der Waals surface area contributed by atoms with E-state index in [1.54, 1.807) is 7.11 Å². The van der Waals surface area contributed by atoms with Gasteiger partial charge in [0.25, 0.3) is 0 Å². The SMILES string of the molecule is COc1ccc(C(=C=CCc2ccc(C)cc2)[Si](C)(C)C)cc1. The standard InChI is InChI=1S/C21H26OSi/c1-17-9-11-18(12-10-17)7-6-8-21(23(3,4)5)19-13-15-20(22-2)16-14-19/h6,9-16H,7H2,1-5H3. The molecule has 120 valence electrons. The molecule has 0 radical (unpaired) electrons. The van der Waals surface area contributed by atoms with Crippen molar-refractivity contribution in [3.63, 3.8) is 0 Å². The smallest absolute Gasteiger partial charge is 0.118 e. The van der Waals surface area contributed by atoms with E-state index in [1.807, 2.05) is 12.1 Å². The van der Waals surface area contributed by atoms with Crippen LogP contribution in [0, 0.1) is 6.92 Å². The Balaban J connectivity index is 2.29. The van der Waals surface area contributed by atoms with Crippen molar-refractivity contribution in [2.45, 2.75) is 33.0 Å². The maximum Gasteiger partial charge on any atom is 0.118 e. The van der Waals surface area contributed by atoms with Crippen LogP contribution in [0.25, 0.3) is 5.20 Å². The third kappa shape index (κ3) is 4.99. The first kappa shape index (κ1) is 17.3. The summed E-state index contributed by atoms with van der Waals surface area (Å²) >= 11 is 0. The Morgan fingerprint density at radius 2 is 1.61 bits per heavy atom. The van der Waals surface area contributed by atoms with E-state index in [-0.39, 0.29) is 0 Å². The first-order valence-electron chi connectivity index (χ1n) is 8.06. The van der Waals surface area contributed by atoms with Crippen molar-refractivity contribution in [3.8, 4) is 5.75 Å². The fraction of sp³-hybridized carbons (Fsp3) is 0.286. The van der Waals surface area contributed by atoms with Crippen LogP contribution in [-0.4, -0.2) is 15.2 Å². The summed E-state index contributed by atoms with van der Waals surface area (Å²) in [6.45, 7) is 9.20. The minimum Gasteiger partial charge on any atom is -0.497 e. The molecule has 2 aromatic rings. The normalized spacial score (nSPS) is 10.8. The van der Waals surface area contributed by atoms with Crippen LogP contribution in [0.1, 0.15) is 16.7 Å². The van der Waals surface area contributed by atoms with Gasteiger partial charge in [0.1, 0.15) is 5.75 Å². The van der Waals surface area contributed by atoms with Crippen LogP contribution < -0.4 is 4.74 Å². The molecule has 1 nitrogen and oxygen atoms in total. The third-order valence-corrected chi connectivity index (χ3v) is 5.77. The molecular weight excluding hydrogens is 296 g/mol. The van der Waals surface area contributed by atoms with E-state index < -0.39 is 8.07 Å². The number of benzene rings is 2. The third-order valence-electron chi connectivity index (χ3n) is 3.83. The molecule has 0 saturated heterocycles. The second kappa shape index (κ2) is 7.50. The van der Waals surface area contributed by atoms with Crippen molar-refractivity contribution < 1.29 is 4.74 Å². The molecule has 0 amide bonds. The molecule has 0 heterocycles. The van der Waals surface area contributed by atoms with Gasteiger partial charge in [-0.1, -0.05) is 61.6 Å². The lowest BCUT2D eigenvalue weighted by molar-refractivity contribution is 0.415. The average Bonchev–Trinajstić information content (AvgIpc) is 2.52. The Labute approximate surface area is 141 Å². The van der Waals surface area contributed by atoms with Gasteiger partial charge in [-0.2, -0.15) is 0 Å². The summed E-state index contributed by atoms with van der Waals surface area (Å²) in [6.07, 6.45) is 3.09. The zero-order valence-corrected chi connectivity index (χ0v) is 15.8. The van der Waals surface area contributed by atoms with Crippen molar-refractivity contribution in [2.24, 2.45) is 0 Å². The molecule has 0 spiro atoms. The van der Waals surface area contributed by atoms with Crippen molar-refractivity contribution in [2.75, 3.05) is 7.11 Å². The summed E-state index contributed by atoms with van der Waals surface area (Å²) in [5.74, 6) is 0.896. The Bertz CT molecular complexity index is 697. The van der Waals surface area contributed by atoms with Gasteiger partial charge in [-0.3, -0.25) is 0 Å². The molecule has 23 heavy (non-hydrogen) atoms. The Morgan fingerprint density at radius 3 is 2.13 bits per heavy atom. The molecule has 2 heteroatoms. The molecule has 0 fully saturated rings. The highest BCUT2D eigenvalue weighted by Crippen LogP contribution is 2.26. The van der Waals surface area contributed by atoms with Crippen LogP contribution in [0.15, 0.2) is 60.3 Å². The van der Waals surface area contributed by atoms with E-state index in [0.717, 1.165) is 12.2 Å². The van der Waals surface area contributed by atoms with Crippen molar-refractivity contribution in [1.82, 2.24) is 0 Å². The van der Waals surface area contributed by atoms with E-state index >= 15 is 0 Å². The molecule has 0 atom stereocenters. The molecule has 0 aliphatic heterocycles. The van der Waals surface area contributed by atoms with Crippen LogP contribution in [-0.2, 0) is 6.42 Å². The molecule has 0 aliphatic rings. The molecule has 0 unspecified atom stereocenters. The van der Waals surface area contributed by atoms with Crippen LogP contribution in [0.5, 0.6) is 5.75 Å². The number of hydrogen-bond donors (Lipinski definition) is 0. The second-order valence-electron chi connectivity index (χ2n) is 6.89. The number of rotatable bonds is 5. The molecular formula is C21H26OSi. The largest absolute Gasteiger partial charge is 0.497 e. The minimum absolute atomic E-state index is 0.896. The number of allylic oxidation sites excluding steroid dienone is 1. The Kier molecular flexibility index (Phi) is 5.65. The van der Waals surface area contributed by atoms with Gasteiger partial charge in [-0.25, -0.2) is 0 Å². The van der Waals surface area contributed by atoms with Gasteiger partial charge in [0.15, 0.2) is 0 Å². The Hall–Kier alpha value is -2.02. The van der Waals surface area contributed by atoms with Crippen molar-refractivity contribution in [1.29, 1.82) is 0 Å². The highest BCUT2D eigenvalue weighted by molar-refractivity contribution is 6.93. The number of hydrogen-bond acceptors (Lipinski definition) is 1. The lowest BCUT2D eigenvalue weighted by Gasteiger charge is -2.19. The minimum atomic E-state index is -1.47. The van der Waals surface area contributed by atoms with Gasteiger partial charge < -0.3 is 4.74 Å². The highest BCUT2D eigenvalue weighted by Gasteiger charge is 2.20. The summed E-state index contributed by atoms with van der Waals surface area (Å²) in [6, 6.07) is 17.0. The maximum absolute atomic E-state index is 5.26. The summed E-state index contributed by atoms with van der Waals surface area (Å²) < 4.78 is 5.26. The Morgan fingerprint density at radius 1 is 1.00 bits per heavy atom. The number of aryl methyl sites for hydroxylation is 1. The quantitative estimate of drug-likeness (QED) is 0.509. The van der Waals surface area contributed by atoms with Crippen LogP contribution >= 0.6 is 0 Å². The summed E-state index contributed by atoms with van der Waals surface area (Å²) in [5.41, 5.74) is 7.47. The summed E-state index contributed by atoms with van der Waals surface area (Å²) in [4.78, 5) is 0. The van der Waals surface area contributed by atoms with Crippen molar-refractivity contribution >= 4 is 13.3 Å². The number of ether oxygens (including phenoxy) is 1. The van der Waals surface area contributed by atoms with Gasteiger partial charge in [0.2, 0.25) is 0 Å². The molecule has 2 aromatic carbocycles. The van der Waals surface area contributed by atoms with E-state index in [9.17, 15) is 0 Å². The first-order valence-corrected chi connectivity index (χ1v) is 11.6. The highest BCUT2D eigenvalue weighted by atomic mass is 28.3. The van der Waals surface area contributed by atoms with Crippen LogP contribution in [0.3, 0.4) is 0 Å². The maximum atomic E-state index is 5.26. The van der Waals surface area contributed by atoms with Crippen molar-refractivity contribution in [3.05, 3.63) is 77.0 Å². The van der Waals surface area contributed by atoms with Crippen LogP contribution in [0.4, 0.5) is 0 Å². The zero-order chi connectivity index (χ0) is 16.9. The average molecular weight is 323 g/mol. The predicted octanol–water partition coefficient (Wildman–Crippen LogP) is 5.66. The van der Waals surface area contributed by atoms with Gasteiger partial charge in [0.05, 0.1) is 15.2 Å². The molecule has 0 saturated carbocycles. The molecule has 0 N–H and O–H groups in total. The van der Waals surface area contributed by atoms with Gasteiger partial charge in [0, 0.05) is 0 Å². The van der Waals surface area contributed by atoms with Crippen LogP contribution in [0.2, 0.25) is 19.6 Å². The van der Waals surface area contributed by atoms with Gasteiger partial charge in [-0.05, 0) is 47.9 Å². The summed E-state index contributed by atoms with van der Waals surface area (Å²) in [7, 11) is 0.231. The zero-order valence-electron chi connectivity index (χ0n) is 14.8.